The Morgan fingerprint density at radius 3 is 2.82 bits per heavy atom. The van der Waals surface area contributed by atoms with Crippen LogP contribution >= 0.6 is 11.6 Å². The zero-order valence-corrected chi connectivity index (χ0v) is 16.4. The summed E-state index contributed by atoms with van der Waals surface area (Å²) in [4.78, 5) is 25.8. The van der Waals surface area contributed by atoms with Gasteiger partial charge in [-0.2, -0.15) is 4.74 Å². The number of hydrogen-bond acceptors (Lipinski definition) is 7. The Hall–Kier alpha value is -2.29. The van der Waals surface area contributed by atoms with Crippen molar-refractivity contribution in [3.05, 3.63) is 45.7 Å². The summed E-state index contributed by atoms with van der Waals surface area (Å²) in [5.74, 6) is 0.376. The van der Waals surface area contributed by atoms with E-state index in [-0.39, 0.29) is 17.2 Å². The third kappa shape index (κ3) is 5.15. The number of benzene rings is 1. The topological polar surface area (TPSA) is 83.1 Å². The molecule has 0 radical (unpaired) electrons. The van der Waals surface area contributed by atoms with Gasteiger partial charge in [0, 0.05) is 18.7 Å². The first kappa shape index (κ1) is 20.4. The van der Waals surface area contributed by atoms with Crippen LogP contribution in [0.1, 0.15) is 13.3 Å². The van der Waals surface area contributed by atoms with Crippen molar-refractivity contribution in [2.75, 3.05) is 32.8 Å². The first-order chi connectivity index (χ1) is 13.6. The van der Waals surface area contributed by atoms with E-state index in [0.29, 0.717) is 45.0 Å². The number of morpholine rings is 1. The molecule has 1 atom stereocenters. The highest BCUT2D eigenvalue weighted by molar-refractivity contribution is 6.32. The van der Waals surface area contributed by atoms with Gasteiger partial charge in [-0.05, 0) is 13.3 Å². The van der Waals surface area contributed by atoms with E-state index in [0.717, 1.165) is 5.56 Å². The smallest absolute Gasteiger partial charge is 0.435 e. The Morgan fingerprint density at radius 1 is 1.29 bits per heavy atom. The molecule has 1 aromatic heterocycles. The first-order valence-corrected chi connectivity index (χ1v) is 9.58. The molecule has 1 aliphatic heterocycles. The number of hydrogen-bond donors (Lipinski definition) is 0. The lowest BCUT2D eigenvalue weighted by atomic mass is 10.2. The van der Waals surface area contributed by atoms with E-state index in [2.05, 4.69) is 4.90 Å². The van der Waals surface area contributed by atoms with Crippen molar-refractivity contribution in [2.45, 2.75) is 26.2 Å². The molecule has 28 heavy (non-hydrogen) atoms. The molecule has 1 aromatic carbocycles. The van der Waals surface area contributed by atoms with Crippen LogP contribution in [0.3, 0.4) is 0 Å². The summed E-state index contributed by atoms with van der Waals surface area (Å²) in [5, 5.41) is 0.0838. The zero-order chi connectivity index (χ0) is 19.9. The Balaban J connectivity index is 1.52. The van der Waals surface area contributed by atoms with E-state index in [1.165, 1.54) is 4.74 Å². The third-order valence-corrected chi connectivity index (χ3v) is 4.63. The Morgan fingerprint density at radius 2 is 2.07 bits per heavy atom. The van der Waals surface area contributed by atoms with Gasteiger partial charge in [-0.3, -0.25) is 9.69 Å². The van der Waals surface area contributed by atoms with Crippen molar-refractivity contribution < 1.29 is 23.5 Å². The number of aryl methyl sites for hydroxylation is 1. The maximum atomic E-state index is 12.3. The predicted octanol–water partition coefficient (Wildman–Crippen LogP) is 2.98. The standard InChI is InChI=1S/C19H23ClN2O6/c1-2-25-19(24)27-15-13-21(11-12-26-15)9-6-10-22-18(23)16(20)17(28-22)14-7-4-3-5-8-14/h3-5,7-8,15H,2,6,9-13H2,1H3. The van der Waals surface area contributed by atoms with Crippen LogP contribution in [0.2, 0.25) is 5.02 Å². The number of nitrogens with zero attached hydrogens (tertiary/aromatic N) is 2. The number of aromatic nitrogens is 1. The van der Waals surface area contributed by atoms with Crippen molar-refractivity contribution in [1.29, 1.82) is 0 Å². The normalized spacial score (nSPS) is 17.4. The van der Waals surface area contributed by atoms with Crippen LogP contribution in [0.15, 0.2) is 39.6 Å². The third-order valence-electron chi connectivity index (χ3n) is 4.30. The molecule has 3 rings (SSSR count). The summed E-state index contributed by atoms with van der Waals surface area (Å²) < 4.78 is 22.2. The van der Waals surface area contributed by atoms with Gasteiger partial charge in [-0.25, -0.2) is 4.79 Å². The summed E-state index contributed by atoms with van der Waals surface area (Å²) in [6.45, 7) is 4.66. The molecule has 152 valence electrons. The zero-order valence-electron chi connectivity index (χ0n) is 15.6. The predicted molar refractivity (Wildman–Crippen MR) is 102 cm³/mol. The molecule has 0 amide bonds. The second-order valence-corrected chi connectivity index (χ2v) is 6.64. The largest absolute Gasteiger partial charge is 0.510 e. The van der Waals surface area contributed by atoms with Gasteiger partial charge in [-0.1, -0.05) is 41.9 Å². The van der Waals surface area contributed by atoms with Crippen molar-refractivity contribution >= 4 is 17.8 Å². The molecule has 8 nitrogen and oxygen atoms in total. The summed E-state index contributed by atoms with van der Waals surface area (Å²) >= 11 is 6.15. The maximum Gasteiger partial charge on any atom is 0.510 e. The van der Waals surface area contributed by atoms with E-state index in [9.17, 15) is 9.59 Å². The number of carbonyl (C=O) groups excluding carboxylic acids is 1. The highest BCUT2D eigenvalue weighted by Gasteiger charge is 2.24. The fraction of sp³-hybridized carbons (Fsp3) is 0.474. The monoisotopic (exact) mass is 410 g/mol. The molecular weight excluding hydrogens is 388 g/mol. The average molecular weight is 411 g/mol. The van der Waals surface area contributed by atoms with Crippen LogP contribution < -0.4 is 5.56 Å². The average Bonchev–Trinajstić information content (AvgIpc) is 2.98. The van der Waals surface area contributed by atoms with Gasteiger partial charge < -0.3 is 18.7 Å². The van der Waals surface area contributed by atoms with Gasteiger partial charge in [0.25, 0.3) is 0 Å². The van der Waals surface area contributed by atoms with Gasteiger partial charge >= 0.3 is 11.7 Å². The van der Waals surface area contributed by atoms with E-state index in [1.807, 2.05) is 30.3 Å². The lowest BCUT2D eigenvalue weighted by Crippen LogP contribution is -2.45. The molecular formula is C19H23ClN2O6. The molecule has 0 bridgehead atoms. The van der Waals surface area contributed by atoms with Crippen LogP contribution in [-0.2, 0) is 20.8 Å². The van der Waals surface area contributed by atoms with Crippen LogP contribution in [-0.4, -0.2) is 54.9 Å². The van der Waals surface area contributed by atoms with Crippen LogP contribution in [0.25, 0.3) is 11.3 Å². The lowest BCUT2D eigenvalue weighted by molar-refractivity contribution is -0.159. The van der Waals surface area contributed by atoms with E-state index in [4.69, 9.17) is 30.3 Å². The van der Waals surface area contributed by atoms with Gasteiger partial charge in [-0.15, -0.1) is 0 Å². The highest BCUT2D eigenvalue weighted by atomic mass is 35.5. The molecule has 1 unspecified atom stereocenters. The Bertz CT molecular complexity index is 835. The first-order valence-electron chi connectivity index (χ1n) is 9.21. The highest BCUT2D eigenvalue weighted by Crippen LogP contribution is 2.25. The molecule has 1 fully saturated rings. The van der Waals surface area contributed by atoms with Crippen molar-refractivity contribution in [2.24, 2.45) is 0 Å². The molecule has 9 heteroatoms. The fourth-order valence-corrected chi connectivity index (χ4v) is 3.19. The van der Waals surface area contributed by atoms with Crippen LogP contribution in [0, 0.1) is 0 Å². The minimum absolute atomic E-state index is 0.0838. The van der Waals surface area contributed by atoms with Gasteiger partial charge in [0.1, 0.15) is 0 Å². The van der Waals surface area contributed by atoms with Crippen molar-refractivity contribution in [1.82, 2.24) is 9.64 Å². The quantitative estimate of drug-likeness (QED) is 0.649. The summed E-state index contributed by atoms with van der Waals surface area (Å²) in [5.41, 5.74) is 0.418. The fourth-order valence-electron chi connectivity index (χ4n) is 2.95. The second kappa shape index (κ2) is 9.77. The lowest BCUT2D eigenvalue weighted by Gasteiger charge is -2.31. The summed E-state index contributed by atoms with van der Waals surface area (Å²) in [6.07, 6.45) is -0.720. The van der Waals surface area contributed by atoms with Crippen molar-refractivity contribution in [3.63, 3.8) is 0 Å². The molecule has 0 spiro atoms. The molecule has 0 aliphatic carbocycles. The minimum Gasteiger partial charge on any atom is -0.435 e. The van der Waals surface area contributed by atoms with Crippen molar-refractivity contribution in [3.8, 4) is 11.3 Å². The van der Waals surface area contributed by atoms with E-state index >= 15 is 0 Å². The van der Waals surface area contributed by atoms with Gasteiger partial charge in [0.05, 0.1) is 26.3 Å². The van der Waals surface area contributed by atoms with E-state index < -0.39 is 12.4 Å². The minimum atomic E-state index is -0.737. The molecule has 2 heterocycles. The molecule has 1 saturated heterocycles. The second-order valence-electron chi connectivity index (χ2n) is 6.26. The SMILES string of the molecule is CCOC(=O)OC1CN(CCCn2oc(-c3ccccc3)c(Cl)c2=O)CCO1. The van der Waals surface area contributed by atoms with Crippen LogP contribution in [0.5, 0.6) is 0 Å². The summed E-state index contributed by atoms with van der Waals surface area (Å²) in [7, 11) is 0. The molecule has 1 aliphatic rings. The van der Waals surface area contributed by atoms with Crippen LogP contribution in [0.4, 0.5) is 4.79 Å². The molecule has 0 N–H and O–H groups in total. The summed E-state index contributed by atoms with van der Waals surface area (Å²) in [6, 6.07) is 9.28. The number of ether oxygens (including phenoxy) is 3. The number of halogens is 1. The Labute approximate surface area is 167 Å². The number of carbonyl (C=O) groups is 1. The molecule has 0 saturated carbocycles. The van der Waals surface area contributed by atoms with Gasteiger partial charge in [0.2, 0.25) is 6.29 Å². The number of rotatable bonds is 7. The Kier molecular flexibility index (Phi) is 7.13. The molecule has 2 aromatic rings. The van der Waals surface area contributed by atoms with E-state index in [1.54, 1.807) is 6.92 Å². The van der Waals surface area contributed by atoms with Gasteiger partial charge in [0.15, 0.2) is 10.8 Å². The maximum absolute atomic E-state index is 12.3.